The zero-order valence-electron chi connectivity index (χ0n) is 21.8. The van der Waals surface area contributed by atoms with Gasteiger partial charge >= 0.3 is 0 Å². The minimum Gasteiger partial charge on any atom is -0.507 e. The van der Waals surface area contributed by atoms with Crippen molar-refractivity contribution in [2.45, 2.75) is 26.8 Å². The molecule has 38 heavy (non-hydrogen) atoms. The van der Waals surface area contributed by atoms with Crippen LogP contribution in [0.15, 0.2) is 81.7 Å². The number of thiazole rings is 1. The zero-order valence-corrected chi connectivity index (χ0v) is 22.6. The molecule has 1 atom stereocenters. The molecule has 0 bridgehead atoms. The van der Waals surface area contributed by atoms with E-state index in [-0.39, 0.29) is 17.2 Å². The molecular formula is C30H29N3O4S. The van der Waals surface area contributed by atoms with Gasteiger partial charge in [-0.3, -0.25) is 14.2 Å². The number of rotatable bonds is 6. The summed E-state index contributed by atoms with van der Waals surface area (Å²) in [7, 11) is 1.60. The van der Waals surface area contributed by atoms with Gasteiger partial charge in [0.05, 0.1) is 22.9 Å². The number of aromatic hydroxyl groups is 1. The van der Waals surface area contributed by atoms with Gasteiger partial charge in [-0.15, -0.1) is 0 Å². The zero-order chi connectivity index (χ0) is 27.0. The number of nitrogens with zero attached hydrogens (tertiary/aromatic N) is 3. The average molecular weight is 528 g/mol. The highest BCUT2D eigenvalue weighted by atomic mass is 32.1. The fraction of sp³-hybridized carbons (Fsp3) is 0.233. The number of amides is 1. The van der Waals surface area contributed by atoms with Crippen LogP contribution in [0.25, 0.3) is 16.8 Å². The van der Waals surface area contributed by atoms with Crippen LogP contribution in [-0.4, -0.2) is 40.7 Å². The van der Waals surface area contributed by atoms with E-state index in [4.69, 9.17) is 9.73 Å². The highest BCUT2D eigenvalue weighted by molar-refractivity contribution is 7.07. The second-order valence-corrected chi connectivity index (χ2v) is 10.0. The minimum absolute atomic E-state index is 0.0826. The Kier molecular flexibility index (Phi) is 6.91. The van der Waals surface area contributed by atoms with Crippen molar-refractivity contribution in [3.8, 4) is 11.5 Å². The highest BCUT2D eigenvalue weighted by Gasteiger charge is 2.36. The predicted molar refractivity (Wildman–Crippen MR) is 150 cm³/mol. The number of aromatic nitrogens is 1. The molecule has 0 saturated heterocycles. The van der Waals surface area contributed by atoms with Crippen LogP contribution in [0.4, 0.5) is 0 Å². The van der Waals surface area contributed by atoms with Gasteiger partial charge in [0.15, 0.2) is 4.80 Å². The number of fused-ring (bicyclic) bond motifs is 2. The van der Waals surface area contributed by atoms with Crippen LogP contribution < -0.4 is 19.6 Å². The molecule has 1 N–H and O–H groups in total. The second-order valence-electron chi connectivity index (χ2n) is 9.02. The molecule has 5 rings (SSSR count). The monoisotopic (exact) mass is 527 g/mol. The number of hydrogen-bond donors (Lipinski definition) is 1. The lowest BCUT2D eigenvalue weighted by Gasteiger charge is -2.30. The third-order valence-corrected chi connectivity index (χ3v) is 7.93. The molecule has 7 nitrogen and oxygen atoms in total. The third-order valence-electron chi connectivity index (χ3n) is 6.95. The second kappa shape index (κ2) is 10.3. The molecular weight excluding hydrogens is 498 g/mol. The van der Waals surface area contributed by atoms with Crippen molar-refractivity contribution in [1.29, 1.82) is 0 Å². The molecule has 194 valence electrons. The Bertz CT molecular complexity index is 1760. The van der Waals surface area contributed by atoms with Crippen molar-refractivity contribution in [1.82, 2.24) is 9.47 Å². The molecule has 1 amide bonds. The number of hydrogen-bond acceptors (Lipinski definition) is 6. The number of carbonyl (C=O) groups is 1. The Hall–Kier alpha value is -4.17. The molecule has 1 aromatic heterocycles. The van der Waals surface area contributed by atoms with E-state index >= 15 is 0 Å². The minimum atomic E-state index is -0.744. The standard InChI is InChI=1S/C30H29N3O4S/c1-5-32(6-2)29(36)25-18(3)31-30-33(28(35)24(38-30)17-20-12-8-10-14-22(20)34)27(25)26-21-13-9-7-11-19(21)15-16-23(26)37-4/h7-17,27,34H,5-6H2,1-4H3/b24-17+/t27-/m0/s1. The van der Waals surface area contributed by atoms with E-state index in [1.54, 1.807) is 46.9 Å². The molecule has 0 fully saturated rings. The molecule has 0 saturated carbocycles. The van der Waals surface area contributed by atoms with Crippen LogP contribution >= 0.6 is 11.3 Å². The Labute approximate surface area is 224 Å². The first-order valence-corrected chi connectivity index (χ1v) is 13.4. The smallest absolute Gasteiger partial charge is 0.271 e. The van der Waals surface area contributed by atoms with Crippen LogP contribution in [0.3, 0.4) is 0 Å². The fourth-order valence-electron chi connectivity index (χ4n) is 5.04. The Morgan fingerprint density at radius 2 is 1.82 bits per heavy atom. The molecule has 0 spiro atoms. The summed E-state index contributed by atoms with van der Waals surface area (Å²) in [5.41, 5.74) is 2.01. The lowest BCUT2D eigenvalue weighted by Crippen LogP contribution is -2.43. The van der Waals surface area contributed by atoms with Crippen LogP contribution in [0.5, 0.6) is 11.5 Å². The molecule has 8 heteroatoms. The summed E-state index contributed by atoms with van der Waals surface area (Å²) in [5.74, 6) is 0.508. The lowest BCUT2D eigenvalue weighted by molar-refractivity contribution is -0.127. The molecule has 1 aliphatic rings. The number of phenols is 1. The molecule has 0 radical (unpaired) electrons. The van der Waals surface area contributed by atoms with Crippen LogP contribution in [0.2, 0.25) is 0 Å². The van der Waals surface area contributed by atoms with Gasteiger partial charge in [-0.1, -0.05) is 59.9 Å². The van der Waals surface area contributed by atoms with E-state index in [1.165, 1.54) is 11.3 Å². The first-order valence-electron chi connectivity index (χ1n) is 12.5. The summed E-state index contributed by atoms with van der Waals surface area (Å²) in [6.07, 6.45) is 1.67. The topological polar surface area (TPSA) is 84.1 Å². The molecule has 0 aliphatic carbocycles. The average Bonchev–Trinajstić information content (AvgIpc) is 3.23. The van der Waals surface area contributed by atoms with Gasteiger partial charge in [0, 0.05) is 24.2 Å². The van der Waals surface area contributed by atoms with E-state index in [1.807, 2.05) is 57.2 Å². The molecule has 0 unspecified atom stereocenters. The first kappa shape index (κ1) is 25.5. The fourth-order valence-corrected chi connectivity index (χ4v) is 6.07. The van der Waals surface area contributed by atoms with Crippen LogP contribution in [0, 0.1) is 0 Å². The van der Waals surface area contributed by atoms with E-state index in [9.17, 15) is 14.7 Å². The van der Waals surface area contributed by atoms with Gasteiger partial charge in [0.25, 0.3) is 11.5 Å². The summed E-state index contributed by atoms with van der Waals surface area (Å²) in [4.78, 5) is 35.0. The summed E-state index contributed by atoms with van der Waals surface area (Å²) in [6, 6.07) is 17.9. The Balaban J connectivity index is 1.87. The maximum atomic E-state index is 14.0. The molecule has 2 heterocycles. The van der Waals surface area contributed by atoms with Gasteiger partial charge in [0.1, 0.15) is 17.5 Å². The number of methoxy groups -OCH3 is 1. The molecule has 1 aliphatic heterocycles. The summed E-state index contributed by atoms with van der Waals surface area (Å²) in [6.45, 7) is 6.76. The van der Waals surface area contributed by atoms with Gasteiger partial charge in [-0.2, -0.15) is 0 Å². The van der Waals surface area contributed by atoms with E-state index in [0.29, 0.717) is 45.0 Å². The number of para-hydroxylation sites is 1. The summed E-state index contributed by atoms with van der Waals surface area (Å²) < 4.78 is 7.84. The largest absolute Gasteiger partial charge is 0.507 e. The Morgan fingerprint density at radius 1 is 1.11 bits per heavy atom. The van der Waals surface area contributed by atoms with Crippen molar-refractivity contribution < 1.29 is 14.6 Å². The number of phenolic OH excluding ortho intramolecular Hbond substituents is 1. The van der Waals surface area contributed by atoms with Crippen LogP contribution in [0.1, 0.15) is 37.9 Å². The van der Waals surface area contributed by atoms with Crippen molar-refractivity contribution in [2.75, 3.05) is 20.2 Å². The van der Waals surface area contributed by atoms with Gasteiger partial charge in [-0.05, 0) is 49.8 Å². The van der Waals surface area contributed by atoms with Crippen molar-refractivity contribution in [2.24, 2.45) is 4.99 Å². The maximum Gasteiger partial charge on any atom is 0.271 e. The Morgan fingerprint density at radius 3 is 2.53 bits per heavy atom. The lowest BCUT2D eigenvalue weighted by atomic mass is 9.90. The van der Waals surface area contributed by atoms with E-state index in [2.05, 4.69) is 0 Å². The highest BCUT2D eigenvalue weighted by Crippen LogP contribution is 2.40. The van der Waals surface area contributed by atoms with Crippen molar-refractivity contribution in [3.63, 3.8) is 0 Å². The van der Waals surface area contributed by atoms with Gasteiger partial charge in [-0.25, -0.2) is 4.99 Å². The third kappa shape index (κ3) is 4.20. The molecule has 3 aromatic carbocycles. The van der Waals surface area contributed by atoms with Gasteiger partial charge in [0.2, 0.25) is 0 Å². The number of ether oxygens (including phenoxy) is 1. The quantitative estimate of drug-likeness (QED) is 0.411. The number of carbonyl (C=O) groups excluding carboxylic acids is 1. The van der Waals surface area contributed by atoms with Crippen molar-refractivity contribution >= 4 is 34.1 Å². The summed E-state index contributed by atoms with van der Waals surface area (Å²) >= 11 is 1.24. The predicted octanol–water partition coefficient (Wildman–Crippen LogP) is 3.97. The number of benzene rings is 3. The number of likely N-dealkylation sites (N-methyl/N-ethyl adjacent to an activating group) is 1. The maximum absolute atomic E-state index is 14.0. The summed E-state index contributed by atoms with van der Waals surface area (Å²) in [5, 5.41) is 12.2. The molecule has 4 aromatic rings. The van der Waals surface area contributed by atoms with E-state index < -0.39 is 6.04 Å². The van der Waals surface area contributed by atoms with E-state index in [0.717, 1.165) is 16.3 Å². The van der Waals surface area contributed by atoms with Crippen molar-refractivity contribution in [3.05, 3.63) is 103 Å². The van der Waals surface area contributed by atoms with Crippen LogP contribution in [-0.2, 0) is 4.79 Å². The SMILES string of the molecule is CCN(CC)C(=O)C1=C(C)N=c2s/c(=C/c3ccccc3O)c(=O)n2[C@@H]1c1c(OC)ccc2ccccc12. The number of allylic oxidation sites excluding steroid dienone is 1. The van der Waals surface area contributed by atoms with Gasteiger partial charge < -0.3 is 14.7 Å². The first-order chi connectivity index (χ1) is 18.4. The normalized spacial score (nSPS) is 15.4.